The van der Waals surface area contributed by atoms with Crippen molar-refractivity contribution in [3.8, 4) is 0 Å². The number of oxime groups is 1. The normalized spacial score (nSPS) is 43.6. The quantitative estimate of drug-likeness (QED) is 0.582. The Hall–Kier alpha value is -1.69. The standard InChI is InChI=1S/C21H29NO5/c1-20-8-7-17-15(16(20)4-5-18(20)24)3-2-13-10-14(23)6-9-21(13,17)12-22-27-11-19(25)26/h10,12,15-18,24H,2-9,11H2,1H3,(H,25,26)/b22-12+/t15-,16-,17-,18-,20-,21+/m0/s1. The van der Waals surface area contributed by atoms with Gasteiger partial charge in [-0.3, -0.25) is 4.79 Å². The summed E-state index contributed by atoms with van der Waals surface area (Å²) in [5.41, 5.74) is 0.847. The van der Waals surface area contributed by atoms with Crippen LogP contribution < -0.4 is 0 Å². The van der Waals surface area contributed by atoms with Crippen LogP contribution in [0.25, 0.3) is 0 Å². The zero-order chi connectivity index (χ0) is 19.2. The minimum Gasteiger partial charge on any atom is -0.479 e. The van der Waals surface area contributed by atoms with E-state index in [0.717, 1.165) is 50.5 Å². The zero-order valence-corrected chi connectivity index (χ0v) is 15.9. The smallest absolute Gasteiger partial charge is 0.344 e. The molecule has 0 heterocycles. The van der Waals surface area contributed by atoms with E-state index in [4.69, 9.17) is 9.94 Å². The van der Waals surface area contributed by atoms with Crippen molar-refractivity contribution in [2.75, 3.05) is 6.61 Å². The average molecular weight is 375 g/mol. The number of aliphatic hydroxyl groups is 1. The lowest BCUT2D eigenvalue weighted by Gasteiger charge is -2.57. The molecular formula is C21H29NO5. The Bertz CT molecular complexity index is 701. The van der Waals surface area contributed by atoms with E-state index in [2.05, 4.69) is 12.1 Å². The van der Waals surface area contributed by atoms with Crippen LogP contribution >= 0.6 is 0 Å². The number of aliphatic hydroxyl groups excluding tert-OH is 1. The summed E-state index contributed by atoms with van der Waals surface area (Å²) >= 11 is 0. The summed E-state index contributed by atoms with van der Waals surface area (Å²) in [6, 6.07) is 0. The van der Waals surface area contributed by atoms with Crippen LogP contribution in [0.1, 0.15) is 58.3 Å². The number of carboxylic acids is 1. The summed E-state index contributed by atoms with van der Waals surface area (Å²) in [7, 11) is 0. The highest BCUT2D eigenvalue weighted by atomic mass is 16.6. The van der Waals surface area contributed by atoms with Crippen LogP contribution in [0.15, 0.2) is 16.8 Å². The molecule has 0 saturated heterocycles. The van der Waals surface area contributed by atoms with Gasteiger partial charge in [-0.15, -0.1) is 0 Å². The van der Waals surface area contributed by atoms with Crippen LogP contribution in [0, 0.1) is 28.6 Å². The monoisotopic (exact) mass is 375 g/mol. The molecule has 0 aromatic rings. The molecule has 0 aromatic heterocycles. The number of ketones is 1. The summed E-state index contributed by atoms with van der Waals surface area (Å²) in [5, 5.41) is 23.4. The van der Waals surface area contributed by atoms with Crippen LogP contribution in [-0.4, -0.2) is 40.9 Å². The number of rotatable bonds is 4. The first kappa shape index (κ1) is 18.7. The average Bonchev–Trinajstić information content (AvgIpc) is 2.94. The number of hydrogen-bond acceptors (Lipinski definition) is 5. The van der Waals surface area contributed by atoms with E-state index in [0.29, 0.717) is 24.2 Å². The molecule has 0 aliphatic heterocycles. The number of carbonyl (C=O) groups is 2. The van der Waals surface area contributed by atoms with E-state index in [9.17, 15) is 14.7 Å². The van der Waals surface area contributed by atoms with E-state index in [1.807, 2.05) is 0 Å². The Morgan fingerprint density at radius 2 is 2.07 bits per heavy atom. The third-order valence-corrected chi connectivity index (χ3v) is 8.06. The third kappa shape index (κ3) is 2.93. The van der Waals surface area contributed by atoms with Gasteiger partial charge in [0.2, 0.25) is 6.61 Å². The molecule has 27 heavy (non-hydrogen) atoms. The number of hydrogen-bond donors (Lipinski definition) is 2. The van der Waals surface area contributed by atoms with Gasteiger partial charge < -0.3 is 15.1 Å². The molecular weight excluding hydrogens is 346 g/mol. The number of aliphatic carboxylic acids is 1. The number of fused-ring (bicyclic) bond motifs is 5. The van der Waals surface area contributed by atoms with Crippen LogP contribution in [0.2, 0.25) is 0 Å². The van der Waals surface area contributed by atoms with Gasteiger partial charge in [0.25, 0.3) is 0 Å². The summed E-state index contributed by atoms with van der Waals surface area (Å²) < 4.78 is 0. The molecule has 0 unspecified atom stereocenters. The maximum absolute atomic E-state index is 12.1. The second-order valence-electron chi connectivity index (χ2n) is 9.13. The second kappa shape index (κ2) is 6.73. The molecule has 0 amide bonds. The van der Waals surface area contributed by atoms with Crippen molar-refractivity contribution in [3.05, 3.63) is 11.6 Å². The van der Waals surface area contributed by atoms with Gasteiger partial charge in [-0.2, -0.15) is 0 Å². The molecule has 148 valence electrons. The van der Waals surface area contributed by atoms with E-state index in [1.54, 1.807) is 12.3 Å². The highest BCUT2D eigenvalue weighted by Gasteiger charge is 2.59. The predicted molar refractivity (Wildman–Crippen MR) is 99.1 cm³/mol. The molecule has 0 aromatic carbocycles. The zero-order valence-electron chi connectivity index (χ0n) is 15.9. The van der Waals surface area contributed by atoms with Crippen LogP contribution in [0.3, 0.4) is 0 Å². The van der Waals surface area contributed by atoms with Gasteiger partial charge in [0.05, 0.1) is 12.3 Å². The lowest BCUT2D eigenvalue weighted by molar-refractivity contribution is -0.142. The molecule has 6 nitrogen and oxygen atoms in total. The number of carboxylic acid groups (broad SMARTS) is 1. The molecule has 3 fully saturated rings. The van der Waals surface area contributed by atoms with Crippen LogP contribution in [0.4, 0.5) is 0 Å². The Morgan fingerprint density at radius 1 is 1.26 bits per heavy atom. The van der Waals surface area contributed by atoms with Gasteiger partial charge in [0, 0.05) is 11.8 Å². The van der Waals surface area contributed by atoms with Crippen molar-refractivity contribution >= 4 is 18.0 Å². The lowest BCUT2D eigenvalue weighted by atomic mass is 9.47. The van der Waals surface area contributed by atoms with E-state index >= 15 is 0 Å². The van der Waals surface area contributed by atoms with Gasteiger partial charge in [-0.1, -0.05) is 17.7 Å². The molecule has 4 aliphatic carbocycles. The van der Waals surface area contributed by atoms with E-state index < -0.39 is 12.6 Å². The molecule has 3 saturated carbocycles. The Kier molecular flexibility index (Phi) is 4.65. The fourth-order valence-corrected chi connectivity index (χ4v) is 6.71. The van der Waals surface area contributed by atoms with E-state index in [-0.39, 0.29) is 22.7 Å². The molecule has 0 spiro atoms. The minimum absolute atomic E-state index is 0.00497. The fraction of sp³-hybridized carbons (Fsp3) is 0.762. The van der Waals surface area contributed by atoms with Gasteiger partial charge in [0.1, 0.15) is 0 Å². The first-order chi connectivity index (χ1) is 12.9. The first-order valence-corrected chi connectivity index (χ1v) is 10.2. The largest absolute Gasteiger partial charge is 0.479 e. The van der Waals surface area contributed by atoms with Crippen molar-refractivity contribution in [1.29, 1.82) is 0 Å². The fourth-order valence-electron chi connectivity index (χ4n) is 6.71. The Morgan fingerprint density at radius 3 is 2.85 bits per heavy atom. The summed E-state index contributed by atoms with van der Waals surface area (Å²) in [6.07, 6.45) is 10.5. The maximum Gasteiger partial charge on any atom is 0.344 e. The highest BCUT2D eigenvalue weighted by molar-refractivity contribution is 5.94. The topological polar surface area (TPSA) is 96.2 Å². The minimum atomic E-state index is -1.05. The first-order valence-electron chi connectivity index (χ1n) is 10.2. The second-order valence-corrected chi connectivity index (χ2v) is 9.13. The third-order valence-electron chi connectivity index (χ3n) is 8.06. The van der Waals surface area contributed by atoms with Crippen molar-refractivity contribution in [2.45, 2.75) is 64.4 Å². The number of nitrogens with zero attached hydrogens (tertiary/aromatic N) is 1. The van der Waals surface area contributed by atoms with Crippen molar-refractivity contribution in [3.63, 3.8) is 0 Å². The SMILES string of the molecule is C[C@]12CC[C@H]3[C@@H](CCC4=CC(=O)CC[C@@]43/C=N/OCC(=O)O)[C@@H]1CC[C@@H]2O. The lowest BCUT2D eigenvalue weighted by Crippen LogP contribution is -2.52. The Labute approximate surface area is 159 Å². The summed E-state index contributed by atoms with van der Waals surface area (Å²) in [4.78, 5) is 27.8. The van der Waals surface area contributed by atoms with E-state index in [1.165, 1.54) is 0 Å². The molecule has 6 heteroatoms. The molecule has 4 aliphatic rings. The van der Waals surface area contributed by atoms with Gasteiger partial charge in [0.15, 0.2) is 5.78 Å². The molecule has 0 radical (unpaired) electrons. The molecule has 6 atom stereocenters. The molecule has 0 bridgehead atoms. The summed E-state index contributed by atoms with van der Waals surface area (Å²) in [5.74, 6) is 0.531. The van der Waals surface area contributed by atoms with Gasteiger partial charge in [-0.05, 0) is 74.2 Å². The molecule has 4 rings (SSSR count). The maximum atomic E-state index is 12.1. The van der Waals surface area contributed by atoms with Crippen molar-refractivity contribution in [2.24, 2.45) is 33.7 Å². The number of carbonyl (C=O) groups excluding carboxylic acids is 1. The predicted octanol–water partition coefficient (Wildman–Crippen LogP) is 2.95. The van der Waals surface area contributed by atoms with Crippen molar-refractivity contribution < 1.29 is 24.6 Å². The van der Waals surface area contributed by atoms with Gasteiger partial charge >= 0.3 is 5.97 Å². The highest BCUT2D eigenvalue weighted by Crippen LogP contribution is 2.64. The van der Waals surface area contributed by atoms with Crippen LogP contribution in [-0.2, 0) is 14.4 Å². The summed E-state index contributed by atoms with van der Waals surface area (Å²) in [6.45, 7) is 1.80. The van der Waals surface area contributed by atoms with Gasteiger partial charge in [-0.25, -0.2) is 4.79 Å². The number of allylic oxidation sites excluding steroid dienone is 1. The van der Waals surface area contributed by atoms with Crippen LogP contribution in [0.5, 0.6) is 0 Å². The van der Waals surface area contributed by atoms with Crippen molar-refractivity contribution in [1.82, 2.24) is 0 Å². The molecule has 2 N–H and O–H groups in total. The Balaban J connectivity index is 1.66.